The van der Waals surface area contributed by atoms with Gasteiger partial charge in [-0.15, -0.1) is 0 Å². The van der Waals surface area contributed by atoms with Crippen LogP contribution in [-0.4, -0.2) is 28.9 Å². The van der Waals surface area contributed by atoms with Crippen LogP contribution in [0.5, 0.6) is 0 Å². The maximum atomic E-state index is 12.4. The summed E-state index contributed by atoms with van der Waals surface area (Å²) in [5.74, 6) is -1.59. The minimum atomic E-state index is -1.32. The first-order valence-corrected chi connectivity index (χ1v) is 8.88. The van der Waals surface area contributed by atoms with Gasteiger partial charge in [-0.1, -0.05) is 30.3 Å². The molecule has 1 aliphatic rings. The fraction of sp³-hybridized carbons (Fsp3) is 0.286. The average Bonchev–Trinajstić information content (AvgIpc) is 3.46. The molecule has 6 nitrogen and oxygen atoms in total. The molecule has 6 heteroatoms. The third-order valence-corrected chi connectivity index (χ3v) is 4.74. The SMILES string of the molecule is C[C@](CC(=O)Nc1ccc(C(=O)NC2CC2)cc1)(C(=O)O)c1ccccc1. The molecule has 0 heterocycles. The van der Waals surface area contributed by atoms with Crippen molar-refractivity contribution in [1.29, 1.82) is 0 Å². The van der Waals surface area contributed by atoms with Gasteiger partial charge < -0.3 is 15.7 Å². The van der Waals surface area contributed by atoms with Crippen molar-refractivity contribution < 1.29 is 19.5 Å². The van der Waals surface area contributed by atoms with E-state index >= 15 is 0 Å². The number of anilines is 1. The summed E-state index contributed by atoms with van der Waals surface area (Å²) in [7, 11) is 0. The van der Waals surface area contributed by atoms with Gasteiger partial charge in [-0.25, -0.2) is 0 Å². The van der Waals surface area contributed by atoms with Crippen molar-refractivity contribution in [1.82, 2.24) is 5.32 Å². The van der Waals surface area contributed by atoms with Gasteiger partial charge in [-0.2, -0.15) is 0 Å². The molecular weight excluding hydrogens is 344 g/mol. The minimum Gasteiger partial charge on any atom is -0.481 e. The molecule has 2 aromatic carbocycles. The Bertz CT molecular complexity index is 844. The molecule has 3 N–H and O–H groups in total. The number of carbonyl (C=O) groups excluding carboxylic acids is 2. The van der Waals surface area contributed by atoms with Crippen LogP contribution < -0.4 is 10.6 Å². The predicted molar refractivity (Wildman–Crippen MR) is 102 cm³/mol. The second-order valence-corrected chi connectivity index (χ2v) is 7.05. The van der Waals surface area contributed by atoms with E-state index in [0.717, 1.165) is 12.8 Å². The molecule has 0 radical (unpaired) electrons. The lowest BCUT2D eigenvalue weighted by atomic mass is 9.79. The number of nitrogens with one attached hydrogen (secondary N) is 2. The zero-order valence-corrected chi connectivity index (χ0v) is 15.1. The van der Waals surface area contributed by atoms with Gasteiger partial charge in [-0.3, -0.25) is 14.4 Å². The zero-order valence-electron chi connectivity index (χ0n) is 15.1. The molecule has 140 valence electrons. The highest BCUT2D eigenvalue weighted by atomic mass is 16.4. The fourth-order valence-electron chi connectivity index (χ4n) is 2.83. The maximum absolute atomic E-state index is 12.4. The van der Waals surface area contributed by atoms with Crippen molar-refractivity contribution in [3.8, 4) is 0 Å². The first-order chi connectivity index (χ1) is 12.9. The second kappa shape index (κ2) is 7.61. The van der Waals surface area contributed by atoms with Crippen LogP contribution in [-0.2, 0) is 15.0 Å². The van der Waals surface area contributed by atoms with Gasteiger partial charge >= 0.3 is 5.97 Å². The van der Waals surface area contributed by atoms with E-state index in [1.807, 2.05) is 0 Å². The molecular formula is C21H22N2O4. The van der Waals surface area contributed by atoms with E-state index in [1.54, 1.807) is 54.6 Å². The van der Waals surface area contributed by atoms with Crippen LogP contribution in [0, 0.1) is 0 Å². The molecule has 0 unspecified atom stereocenters. The van der Waals surface area contributed by atoms with Crippen LogP contribution in [0.15, 0.2) is 54.6 Å². The number of hydrogen-bond donors (Lipinski definition) is 3. The van der Waals surface area contributed by atoms with Crippen LogP contribution >= 0.6 is 0 Å². The summed E-state index contributed by atoms with van der Waals surface area (Å²) in [5.41, 5.74) is 0.290. The summed E-state index contributed by atoms with van der Waals surface area (Å²) in [6.07, 6.45) is 1.84. The van der Waals surface area contributed by atoms with Gasteiger partial charge in [0, 0.05) is 23.7 Å². The molecule has 0 aliphatic heterocycles. The number of aliphatic carboxylic acids is 1. The molecule has 1 saturated carbocycles. The quantitative estimate of drug-likeness (QED) is 0.702. The second-order valence-electron chi connectivity index (χ2n) is 7.05. The van der Waals surface area contributed by atoms with E-state index in [9.17, 15) is 19.5 Å². The Morgan fingerprint density at radius 1 is 1.04 bits per heavy atom. The van der Waals surface area contributed by atoms with E-state index in [2.05, 4.69) is 10.6 Å². The van der Waals surface area contributed by atoms with Gasteiger partial charge in [0.2, 0.25) is 5.91 Å². The maximum Gasteiger partial charge on any atom is 0.314 e. The van der Waals surface area contributed by atoms with E-state index in [-0.39, 0.29) is 18.4 Å². The molecule has 1 fully saturated rings. The molecule has 1 atom stereocenters. The number of amides is 2. The largest absolute Gasteiger partial charge is 0.481 e. The summed E-state index contributed by atoms with van der Waals surface area (Å²) in [6.45, 7) is 1.54. The number of rotatable bonds is 7. The Balaban J connectivity index is 1.65. The highest BCUT2D eigenvalue weighted by Crippen LogP contribution is 2.28. The molecule has 2 amide bonds. The van der Waals surface area contributed by atoms with Gasteiger partial charge in [0.1, 0.15) is 0 Å². The van der Waals surface area contributed by atoms with E-state index in [1.165, 1.54) is 6.92 Å². The van der Waals surface area contributed by atoms with Gasteiger partial charge in [0.15, 0.2) is 0 Å². The highest BCUT2D eigenvalue weighted by molar-refractivity contribution is 5.98. The van der Waals surface area contributed by atoms with Crippen molar-refractivity contribution in [2.75, 3.05) is 5.32 Å². The summed E-state index contributed by atoms with van der Waals surface area (Å²) < 4.78 is 0. The van der Waals surface area contributed by atoms with Crippen molar-refractivity contribution in [3.05, 3.63) is 65.7 Å². The first kappa shape index (κ1) is 18.6. The normalized spacial score (nSPS) is 15.4. The molecule has 1 aliphatic carbocycles. The van der Waals surface area contributed by atoms with Crippen molar-refractivity contribution in [2.24, 2.45) is 0 Å². The molecule has 0 aromatic heterocycles. The lowest BCUT2D eigenvalue weighted by Gasteiger charge is -2.24. The summed E-state index contributed by atoms with van der Waals surface area (Å²) >= 11 is 0. The number of carboxylic acid groups (broad SMARTS) is 1. The van der Waals surface area contributed by atoms with Crippen molar-refractivity contribution in [3.63, 3.8) is 0 Å². The van der Waals surface area contributed by atoms with Crippen LogP contribution in [0.4, 0.5) is 5.69 Å². The van der Waals surface area contributed by atoms with E-state index < -0.39 is 17.3 Å². The van der Waals surface area contributed by atoms with Crippen LogP contribution in [0.1, 0.15) is 42.1 Å². The number of benzene rings is 2. The van der Waals surface area contributed by atoms with Crippen molar-refractivity contribution in [2.45, 2.75) is 37.6 Å². The Morgan fingerprint density at radius 2 is 1.67 bits per heavy atom. The standard InChI is InChI=1S/C21H22N2O4/c1-21(20(26)27,15-5-3-2-4-6-15)13-18(24)22-16-9-7-14(8-10-16)19(25)23-17-11-12-17/h2-10,17H,11-13H2,1H3,(H,22,24)(H,23,25)(H,26,27)/t21-/m1/s1. The minimum absolute atomic E-state index is 0.127. The third-order valence-electron chi connectivity index (χ3n) is 4.74. The number of carboxylic acids is 1. The molecule has 3 rings (SSSR count). The van der Waals surface area contributed by atoms with Crippen LogP contribution in [0.25, 0.3) is 0 Å². The topological polar surface area (TPSA) is 95.5 Å². The Morgan fingerprint density at radius 3 is 2.22 bits per heavy atom. The van der Waals surface area contributed by atoms with Crippen LogP contribution in [0.2, 0.25) is 0 Å². The summed E-state index contributed by atoms with van der Waals surface area (Å²) in [4.78, 5) is 36.2. The van der Waals surface area contributed by atoms with Crippen LogP contribution in [0.3, 0.4) is 0 Å². The molecule has 0 spiro atoms. The summed E-state index contributed by atoms with van der Waals surface area (Å²) in [5, 5.41) is 15.3. The lowest BCUT2D eigenvalue weighted by molar-refractivity contribution is -0.145. The number of carbonyl (C=O) groups is 3. The lowest BCUT2D eigenvalue weighted by Crippen LogP contribution is -2.36. The molecule has 0 bridgehead atoms. The highest BCUT2D eigenvalue weighted by Gasteiger charge is 2.37. The fourth-order valence-corrected chi connectivity index (χ4v) is 2.83. The van der Waals surface area contributed by atoms with Crippen molar-refractivity contribution >= 4 is 23.5 Å². The Labute approximate surface area is 157 Å². The smallest absolute Gasteiger partial charge is 0.314 e. The van der Waals surface area contributed by atoms with Gasteiger partial charge in [0.05, 0.1) is 5.41 Å². The van der Waals surface area contributed by atoms with Gasteiger partial charge in [-0.05, 0) is 49.6 Å². The Hall–Kier alpha value is -3.15. The summed E-state index contributed by atoms with van der Waals surface area (Å²) in [6, 6.07) is 15.5. The Kier molecular flexibility index (Phi) is 5.26. The monoisotopic (exact) mass is 366 g/mol. The van der Waals surface area contributed by atoms with E-state index in [4.69, 9.17) is 0 Å². The zero-order chi connectivity index (χ0) is 19.4. The number of hydrogen-bond acceptors (Lipinski definition) is 3. The molecule has 27 heavy (non-hydrogen) atoms. The average molecular weight is 366 g/mol. The predicted octanol–water partition coefficient (Wildman–Crippen LogP) is 2.95. The first-order valence-electron chi connectivity index (χ1n) is 8.88. The van der Waals surface area contributed by atoms with E-state index in [0.29, 0.717) is 16.8 Å². The third kappa shape index (κ3) is 4.53. The molecule has 2 aromatic rings. The molecule has 0 saturated heterocycles. The van der Waals surface area contributed by atoms with Gasteiger partial charge in [0.25, 0.3) is 5.91 Å².